The molecule has 3 aromatic heterocycles. The molecule has 0 aliphatic carbocycles. The second-order valence-electron chi connectivity index (χ2n) is 6.99. The number of anilines is 1. The highest BCUT2D eigenvalue weighted by Gasteiger charge is 2.22. The third kappa shape index (κ3) is 4.18. The molecule has 1 aliphatic heterocycles. The highest BCUT2D eigenvalue weighted by molar-refractivity contribution is 5.86. The lowest BCUT2D eigenvalue weighted by Crippen LogP contribution is -2.44. The molecule has 0 saturated carbocycles. The molecule has 1 saturated heterocycles. The van der Waals surface area contributed by atoms with Crippen molar-refractivity contribution in [3.63, 3.8) is 0 Å². The molecule has 3 aromatic rings. The first kappa shape index (κ1) is 20.7. The van der Waals surface area contributed by atoms with Gasteiger partial charge in [-0.3, -0.25) is 9.36 Å². The predicted octanol–water partition coefficient (Wildman–Crippen LogP) is 0.844. The maximum Gasteiger partial charge on any atom is 0.374 e. The number of hydrogen-bond acceptors (Lipinski definition) is 8. The Bertz CT molecular complexity index is 1210. The maximum absolute atomic E-state index is 13.3. The van der Waals surface area contributed by atoms with Gasteiger partial charge >= 0.3 is 5.97 Å². The van der Waals surface area contributed by atoms with Gasteiger partial charge in [-0.25, -0.2) is 14.5 Å². The van der Waals surface area contributed by atoms with E-state index in [0.717, 1.165) is 32.1 Å². The minimum atomic E-state index is -0.540. The molecule has 4 heterocycles. The lowest BCUT2D eigenvalue weighted by molar-refractivity contribution is 0.0487. The zero-order chi connectivity index (χ0) is 21.8. The summed E-state index contributed by atoms with van der Waals surface area (Å²) in [5, 5.41) is 7.58. The van der Waals surface area contributed by atoms with Gasteiger partial charge in [0.15, 0.2) is 0 Å². The molecular weight excluding hydrogens is 400 g/mol. The Labute approximate surface area is 178 Å². The largest absolute Gasteiger partial charge is 0.460 e. The van der Waals surface area contributed by atoms with Gasteiger partial charge < -0.3 is 19.4 Å². The Morgan fingerprint density at radius 2 is 2.13 bits per heavy atom. The molecular formula is C21H24N6O4. The molecule has 10 heteroatoms. The van der Waals surface area contributed by atoms with Crippen LogP contribution >= 0.6 is 0 Å². The fourth-order valence-corrected chi connectivity index (χ4v) is 3.52. The lowest BCUT2D eigenvalue weighted by atomic mass is 10.4. The summed E-state index contributed by atoms with van der Waals surface area (Å²) in [5.74, 6) is 6.63. The van der Waals surface area contributed by atoms with E-state index in [1.54, 1.807) is 26.1 Å². The molecule has 31 heavy (non-hydrogen) atoms. The monoisotopic (exact) mass is 424 g/mol. The Morgan fingerprint density at radius 3 is 2.87 bits per heavy atom. The van der Waals surface area contributed by atoms with Gasteiger partial charge in [0.25, 0.3) is 5.56 Å². The van der Waals surface area contributed by atoms with Gasteiger partial charge in [0.2, 0.25) is 11.7 Å². The lowest BCUT2D eigenvalue weighted by Gasteiger charge is -2.28. The topological polar surface area (TPSA) is 107 Å². The molecule has 0 spiro atoms. The average molecular weight is 424 g/mol. The number of nitrogens with zero attached hydrogens (tertiary/aromatic N) is 5. The quantitative estimate of drug-likeness (QED) is 0.458. The van der Waals surface area contributed by atoms with Crippen molar-refractivity contribution in [3.8, 4) is 11.8 Å². The van der Waals surface area contributed by atoms with Crippen LogP contribution < -0.4 is 15.8 Å². The first-order valence-corrected chi connectivity index (χ1v) is 10.2. The molecule has 1 N–H and O–H groups in total. The minimum Gasteiger partial charge on any atom is -0.460 e. The van der Waals surface area contributed by atoms with E-state index < -0.39 is 5.97 Å². The first-order valence-electron chi connectivity index (χ1n) is 10.2. The molecule has 0 radical (unpaired) electrons. The zero-order valence-electron chi connectivity index (χ0n) is 17.6. The Hall–Kier alpha value is -3.58. The second-order valence-corrected chi connectivity index (χ2v) is 6.99. The summed E-state index contributed by atoms with van der Waals surface area (Å²) in [6.45, 7) is 7.50. The van der Waals surface area contributed by atoms with Crippen LogP contribution in [0.2, 0.25) is 0 Å². The summed E-state index contributed by atoms with van der Waals surface area (Å²) in [6, 6.07) is 3.16. The van der Waals surface area contributed by atoms with Crippen LogP contribution in [0, 0.1) is 11.8 Å². The molecule has 0 amide bonds. The Morgan fingerprint density at radius 1 is 1.32 bits per heavy atom. The standard InChI is InChI=1S/C21H24N6O4/c1-3-5-10-26-18-16(24-21(26)25-11-8-22-9-12-25)13-23-27(19(18)28)14-15-6-7-17(31-15)20(29)30-4-2/h6-7,13,22H,4,8-12,14H2,1-2H3. The Kier molecular flexibility index (Phi) is 6.04. The van der Waals surface area contributed by atoms with Crippen LogP contribution in [-0.2, 0) is 17.8 Å². The molecule has 1 aliphatic rings. The van der Waals surface area contributed by atoms with Crippen LogP contribution in [0.5, 0.6) is 0 Å². The van der Waals surface area contributed by atoms with E-state index in [1.807, 2.05) is 4.57 Å². The molecule has 162 valence electrons. The number of nitrogens with one attached hydrogen (secondary N) is 1. The maximum atomic E-state index is 13.3. The highest BCUT2D eigenvalue weighted by atomic mass is 16.5. The van der Waals surface area contributed by atoms with Gasteiger partial charge in [0, 0.05) is 26.2 Å². The van der Waals surface area contributed by atoms with E-state index in [9.17, 15) is 9.59 Å². The highest BCUT2D eigenvalue weighted by Crippen LogP contribution is 2.20. The van der Waals surface area contributed by atoms with Gasteiger partial charge in [-0.2, -0.15) is 5.10 Å². The molecule has 0 bridgehead atoms. The van der Waals surface area contributed by atoms with Crippen LogP contribution in [0.3, 0.4) is 0 Å². The fraction of sp³-hybridized carbons (Fsp3) is 0.429. The third-order valence-corrected chi connectivity index (χ3v) is 4.99. The van der Waals surface area contributed by atoms with Gasteiger partial charge in [-0.05, 0) is 26.0 Å². The number of carbonyl (C=O) groups excluding carboxylic acids is 1. The fourth-order valence-electron chi connectivity index (χ4n) is 3.52. The number of aromatic nitrogens is 4. The van der Waals surface area contributed by atoms with Gasteiger partial charge in [0.05, 0.1) is 19.3 Å². The van der Waals surface area contributed by atoms with Crippen molar-refractivity contribution in [1.82, 2.24) is 24.6 Å². The van der Waals surface area contributed by atoms with E-state index in [1.165, 1.54) is 10.7 Å². The van der Waals surface area contributed by atoms with E-state index in [4.69, 9.17) is 9.15 Å². The number of furan rings is 1. The van der Waals surface area contributed by atoms with Crippen LogP contribution in [0.25, 0.3) is 11.0 Å². The minimum absolute atomic E-state index is 0.0851. The normalized spacial score (nSPS) is 13.8. The Balaban J connectivity index is 1.71. The zero-order valence-corrected chi connectivity index (χ0v) is 17.6. The molecule has 4 rings (SSSR count). The number of fused-ring (bicyclic) bond motifs is 1. The van der Waals surface area contributed by atoms with E-state index >= 15 is 0 Å². The third-order valence-electron chi connectivity index (χ3n) is 4.99. The van der Waals surface area contributed by atoms with Crippen molar-refractivity contribution in [2.45, 2.75) is 26.9 Å². The van der Waals surface area contributed by atoms with E-state index in [2.05, 4.69) is 32.1 Å². The number of piperazine rings is 1. The molecule has 1 fully saturated rings. The predicted molar refractivity (Wildman–Crippen MR) is 114 cm³/mol. The SMILES string of the molecule is CC#CCn1c(N2CCNCC2)nc2cnn(Cc3ccc(C(=O)OCC)o3)c(=O)c21. The van der Waals surface area contributed by atoms with Gasteiger partial charge in [0.1, 0.15) is 23.3 Å². The van der Waals surface area contributed by atoms with Crippen molar-refractivity contribution in [2.24, 2.45) is 0 Å². The summed E-state index contributed by atoms with van der Waals surface area (Å²) in [5.41, 5.74) is 0.682. The van der Waals surface area contributed by atoms with E-state index in [0.29, 0.717) is 23.3 Å². The summed E-state index contributed by atoms with van der Waals surface area (Å²) in [4.78, 5) is 31.9. The van der Waals surface area contributed by atoms with Crippen molar-refractivity contribution < 1.29 is 13.9 Å². The van der Waals surface area contributed by atoms with Gasteiger partial charge in [-0.15, -0.1) is 5.92 Å². The van der Waals surface area contributed by atoms with Crippen LogP contribution in [-0.4, -0.2) is 58.1 Å². The number of rotatable bonds is 6. The van der Waals surface area contributed by atoms with Gasteiger partial charge in [-0.1, -0.05) is 5.92 Å². The van der Waals surface area contributed by atoms with Crippen LogP contribution in [0.1, 0.15) is 30.2 Å². The molecule has 10 nitrogen and oxygen atoms in total. The average Bonchev–Trinajstić information content (AvgIpc) is 3.40. The number of hydrogen-bond donors (Lipinski definition) is 1. The smallest absolute Gasteiger partial charge is 0.374 e. The number of esters is 1. The number of imidazole rings is 1. The molecule has 0 unspecified atom stereocenters. The van der Waals surface area contributed by atoms with Crippen molar-refractivity contribution in [1.29, 1.82) is 0 Å². The second kappa shape index (κ2) is 9.06. The summed E-state index contributed by atoms with van der Waals surface area (Å²) >= 11 is 0. The number of ether oxygens (including phenoxy) is 1. The molecule has 0 atom stereocenters. The molecule has 0 aromatic carbocycles. The van der Waals surface area contributed by atoms with Crippen molar-refractivity contribution in [2.75, 3.05) is 37.7 Å². The summed E-state index contributed by atoms with van der Waals surface area (Å²) < 4.78 is 13.6. The van der Waals surface area contributed by atoms with Crippen molar-refractivity contribution in [3.05, 3.63) is 40.2 Å². The first-order chi connectivity index (χ1) is 15.1. The summed E-state index contributed by atoms with van der Waals surface area (Å²) in [6.07, 6.45) is 1.58. The number of carbonyl (C=O) groups is 1. The summed E-state index contributed by atoms with van der Waals surface area (Å²) in [7, 11) is 0. The van der Waals surface area contributed by atoms with Crippen LogP contribution in [0.4, 0.5) is 5.95 Å². The van der Waals surface area contributed by atoms with Crippen molar-refractivity contribution >= 4 is 23.0 Å². The van der Waals surface area contributed by atoms with E-state index in [-0.39, 0.29) is 24.5 Å². The van der Waals surface area contributed by atoms with Crippen LogP contribution in [0.15, 0.2) is 27.5 Å².